The van der Waals surface area contributed by atoms with Gasteiger partial charge < -0.3 is 5.11 Å². The number of sulfone groups is 1. The number of benzene rings is 1. The monoisotopic (exact) mass is 268 g/mol. The predicted octanol–water partition coefficient (Wildman–Crippen LogP) is -0.236. The predicted molar refractivity (Wildman–Crippen MR) is 59.2 cm³/mol. The highest BCUT2D eigenvalue weighted by molar-refractivity contribution is 7.90. The van der Waals surface area contributed by atoms with E-state index in [-0.39, 0.29) is 10.7 Å². The lowest BCUT2D eigenvalue weighted by atomic mass is 10.2. The molecule has 0 amide bonds. The molecule has 1 aromatic carbocycles. The average Bonchev–Trinajstić information content (AvgIpc) is 2.77. The molecule has 1 aromatic heterocycles. The fraction of sp³-hybridized carbons (Fsp3) is 0.111. The Morgan fingerprint density at radius 3 is 2.39 bits per heavy atom. The van der Waals surface area contributed by atoms with Crippen molar-refractivity contribution in [2.45, 2.75) is 5.16 Å². The first-order valence-electron chi connectivity index (χ1n) is 4.72. The van der Waals surface area contributed by atoms with E-state index >= 15 is 0 Å². The number of carboxylic acids is 1. The van der Waals surface area contributed by atoms with Gasteiger partial charge in [0.1, 0.15) is 0 Å². The molecule has 18 heavy (non-hydrogen) atoms. The molecule has 94 valence electrons. The third-order valence-electron chi connectivity index (χ3n) is 2.13. The summed E-state index contributed by atoms with van der Waals surface area (Å²) < 4.78 is 23.8. The van der Waals surface area contributed by atoms with Gasteiger partial charge in [0.15, 0.2) is 0 Å². The van der Waals surface area contributed by atoms with Gasteiger partial charge in [-0.15, -0.1) is 0 Å². The van der Waals surface area contributed by atoms with Crippen molar-refractivity contribution >= 4 is 15.8 Å². The van der Waals surface area contributed by atoms with Crippen LogP contribution in [0.2, 0.25) is 0 Å². The number of hydrogen-bond acceptors (Lipinski definition) is 6. The second-order valence-corrected chi connectivity index (χ2v) is 5.41. The molecule has 0 aliphatic rings. The zero-order valence-electron chi connectivity index (χ0n) is 9.18. The quantitative estimate of drug-likeness (QED) is 0.816. The van der Waals surface area contributed by atoms with Gasteiger partial charge in [-0.1, -0.05) is 5.10 Å². The molecule has 0 fully saturated rings. The van der Waals surface area contributed by atoms with Crippen LogP contribution in [0.3, 0.4) is 0 Å². The Morgan fingerprint density at radius 2 is 1.89 bits per heavy atom. The summed E-state index contributed by atoms with van der Waals surface area (Å²) in [5.74, 6) is -1.07. The van der Waals surface area contributed by atoms with Crippen molar-refractivity contribution in [1.82, 2.24) is 20.2 Å². The molecule has 0 saturated carbocycles. The van der Waals surface area contributed by atoms with E-state index in [1.165, 1.54) is 24.3 Å². The number of aromatic carboxylic acids is 1. The Morgan fingerprint density at radius 1 is 1.28 bits per heavy atom. The third kappa shape index (κ3) is 2.20. The number of tetrazole rings is 1. The fourth-order valence-electron chi connectivity index (χ4n) is 1.32. The maximum absolute atomic E-state index is 11.4. The minimum absolute atomic E-state index is 0.0905. The molecule has 0 bridgehead atoms. The highest BCUT2D eigenvalue weighted by Gasteiger charge is 2.18. The van der Waals surface area contributed by atoms with Crippen LogP contribution in [0, 0.1) is 0 Å². The van der Waals surface area contributed by atoms with Crippen LogP contribution in [0.1, 0.15) is 10.4 Å². The van der Waals surface area contributed by atoms with Gasteiger partial charge in [0.2, 0.25) is 9.84 Å². The summed E-state index contributed by atoms with van der Waals surface area (Å²) in [5.41, 5.74) is 0.457. The van der Waals surface area contributed by atoms with E-state index in [4.69, 9.17) is 5.11 Å². The standard InChI is InChI=1S/C9H8N4O4S/c1-18(16,17)9-10-11-12-13(9)7-4-2-6(3-5-7)8(14)15/h2-5H,1H3,(H,14,15). The number of hydrogen-bond donors (Lipinski definition) is 1. The molecule has 0 spiro atoms. The smallest absolute Gasteiger partial charge is 0.335 e. The van der Waals surface area contributed by atoms with Crippen LogP contribution >= 0.6 is 0 Å². The summed E-state index contributed by atoms with van der Waals surface area (Å²) in [4.78, 5) is 10.7. The summed E-state index contributed by atoms with van der Waals surface area (Å²) in [6.45, 7) is 0. The molecule has 1 N–H and O–H groups in total. The number of aromatic nitrogens is 4. The SMILES string of the molecule is CS(=O)(=O)c1nnnn1-c1ccc(C(=O)O)cc1. The molecule has 0 aliphatic carbocycles. The Kier molecular flexibility index (Phi) is 2.83. The van der Waals surface area contributed by atoms with Gasteiger partial charge in [0.05, 0.1) is 11.3 Å². The van der Waals surface area contributed by atoms with Crippen molar-refractivity contribution in [3.63, 3.8) is 0 Å². The van der Waals surface area contributed by atoms with Crippen LogP contribution in [0.25, 0.3) is 5.69 Å². The number of nitrogens with zero attached hydrogens (tertiary/aromatic N) is 4. The van der Waals surface area contributed by atoms with Crippen molar-refractivity contribution in [2.24, 2.45) is 0 Å². The van der Waals surface area contributed by atoms with E-state index in [0.717, 1.165) is 10.9 Å². The molecule has 9 heteroatoms. The molecule has 0 unspecified atom stereocenters. The van der Waals surface area contributed by atoms with Crippen LogP contribution in [0.15, 0.2) is 29.4 Å². The van der Waals surface area contributed by atoms with Gasteiger partial charge in [-0.05, 0) is 34.7 Å². The van der Waals surface area contributed by atoms with E-state index in [2.05, 4.69) is 15.5 Å². The molecule has 0 aliphatic heterocycles. The molecule has 2 rings (SSSR count). The van der Waals surface area contributed by atoms with Crippen LogP contribution in [-0.4, -0.2) is 46.0 Å². The zero-order valence-corrected chi connectivity index (χ0v) is 9.99. The number of rotatable bonds is 3. The van der Waals surface area contributed by atoms with Crippen molar-refractivity contribution in [3.05, 3.63) is 29.8 Å². The summed E-state index contributed by atoms with van der Waals surface area (Å²) in [7, 11) is -3.55. The van der Waals surface area contributed by atoms with E-state index in [0.29, 0.717) is 5.69 Å². The van der Waals surface area contributed by atoms with Gasteiger partial charge in [-0.25, -0.2) is 13.2 Å². The first kappa shape index (κ1) is 12.2. The van der Waals surface area contributed by atoms with E-state index in [1.54, 1.807) is 0 Å². The average molecular weight is 268 g/mol. The van der Waals surface area contributed by atoms with E-state index < -0.39 is 15.8 Å². The molecule has 0 radical (unpaired) electrons. The van der Waals surface area contributed by atoms with Gasteiger partial charge in [0, 0.05) is 6.26 Å². The first-order chi connectivity index (χ1) is 8.39. The lowest BCUT2D eigenvalue weighted by Gasteiger charge is -2.03. The normalized spacial score (nSPS) is 11.4. The van der Waals surface area contributed by atoms with Crippen molar-refractivity contribution < 1.29 is 18.3 Å². The number of carbonyl (C=O) groups is 1. The van der Waals surface area contributed by atoms with E-state index in [1.807, 2.05) is 0 Å². The number of carboxylic acid groups (broad SMARTS) is 1. The molecule has 8 nitrogen and oxygen atoms in total. The zero-order chi connectivity index (χ0) is 13.3. The highest BCUT2D eigenvalue weighted by Crippen LogP contribution is 2.12. The van der Waals surface area contributed by atoms with Gasteiger partial charge in [-0.2, -0.15) is 4.68 Å². The summed E-state index contributed by atoms with van der Waals surface area (Å²) in [6, 6.07) is 5.53. The summed E-state index contributed by atoms with van der Waals surface area (Å²) in [5, 5.41) is 18.7. The molecule has 1 heterocycles. The highest BCUT2D eigenvalue weighted by atomic mass is 32.2. The topological polar surface area (TPSA) is 115 Å². The van der Waals surface area contributed by atoms with E-state index in [9.17, 15) is 13.2 Å². The second-order valence-electron chi connectivity index (χ2n) is 3.50. The molecule has 0 atom stereocenters. The van der Waals surface area contributed by atoms with Crippen LogP contribution in [0.5, 0.6) is 0 Å². The minimum Gasteiger partial charge on any atom is -0.478 e. The van der Waals surface area contributed by atoms with Crippen LogP contribution in [0.4, 0.5) is 0 Å². The lowest BCUT2D eigenvalue weighted by molar-refractivity contribution is 0.0697. The van der Waals surface area contributed by atoms with Crippen molar-refractivity contribution in [1.29, 1.82) is 0 Å². The van der Waals surface area contributed by atoms with Crippen molar-refractivity contribution in [3.8, 4) is 5.69 Å². The first-order valence-corrected chi connectivity index (χ1v) is 6.61. The summed E-state index contributed by atoms with van der Waals surface area (Å²) >= 11 is 0. The Balaban J connectivity index is 2.50. The maximum atomic E-state index is 11.4. The van der Waals surface area contributed by atoms with Gasteiger partial charge in [0.25, 0.3) is 5.16 Å². The fourth-order valence-corrected chi connectivity index (χ4v) is 1.96. The third-order valence-corrected chi connectivity index (χ3v) is 3.05. The minimum atomic E-state index is -3.55. The maximum Gasteiger partial charge on any atom is 0.335 e. The van der Waals surface area contributed by atoms with Crippen molar-refractivity contribution in [2.75, 3.05) is 6.26 Å². The van der Waals surface area contributed by atoms with Gasteiger partial charge in [-0.3, -0.25) is 0 Å². The molecule has 2 aromatic rings. The lowest BCUT2D eigenvalue weighted by Crippen LogP contribution is -2.09. The second kappa shape index (κ2) is 4.18. The molecule has 0 saturated heterocycles. The Hall–Kier alpha value is -2.29. The largest absolute Gasteiger partial charge is 0.478 e. The molecular formula is C9H8N4O4S. The summed E-state index contributed by atoms with van der Waals surface area (Å²) in [6.07, 6.45) is 0.987. The Labute approximate surface area is 102 Å². The van der Waals surface area contributed by atoms with Crippen LogP contribution in [-0.2, 0) is 9.84 Å². The van der Waals surface area contributed by atoms with Gasteiger partial charge >= 0.3 is 5.97 Å². The Bertz CT molecular complexity index is 690. The molecular weight excluding hydrogens is 260 g/mol. The van der Waals surface area contributed by atoms with Crippen LogP contribution < -0.4 is 0 Å².